The first-order valence-electron chi connectivity index (χ1n) is 6.95. The van der Waals surface area contributed by atoms with Crippen molar-refractivity contribution in [2.45, 2.75) is 19.5 Å². The monoisotopic (exact) mass is 289 g/mol. The zero-order valence-corrected chi connectivity index (χ0v) is 12.2. The Morgan fingerprint density at radius 2 is 2.19 bits per heavy atom. The van der Waals surface area contributed by atoms with Gasteiger partial charge in [0.25, 0.3) is 0 Å². The Kier molecular flexibility index (Phi) is 3.96. The van der Waals surface area contributed by atoms with Crippen molar-refractivity contribution >= 4 is 5.82 Å². The van der Waals surface area contributed by atoms with Crippen LogP contribution >= 0.6 is 0 Å². The van der Waals surface area contributed by atoms with Crippen LogP contribution in [0.3, 0.4) is 0 Å². The number of nitrogens with zero attached hydrogens (tertiary/aromatic N) is 2. The maximum Gasteiger partial charge on any atom is 0.231 e. The largest absolute Gasteiger partial charge is 0.454 e. The number of anilines is 1. The van der Waals surface area contributed by atoms with Crippen LogP contribution in [-0.2, 0) is 11.3 Å². The average molecular weight is 289 g/mol. The van der Waals surface area contributed by atoms with Gasteiger partial charge in [0.15, 0.2) is 11.5 Å². The molecule has 1 aliphatic heterocycles. The maximum atomic E-state index is 5.40. The lowest BCUT2D eigenvalue weighted by molar-refractivity contribution is 0.174. The second kappa shape index (κ2) is 6.05. The molecule has 1 unspecified atom stereocenters. The summed E-state index contributed by atoms with van der Waals surface area (Å²) in [5, 5.41) is 7.83. The zero-order valence-electron chi connectivity index (χ0n) is 12.2. The molecule has 0 bridgehead atoms. The van der Waals surface area contributed by atoms with E-state index in [0.717, 1.165) is 29.4 Å². The molecular formula is C15H19N3O3. The Bertz CT molecular complexity index is 612. The summed E-state index contributed by atoms with van der Waals surface area (Å²) in [5.74, 6) is 2.44. The number of hydrogen-bond donors (Lipinski definition) is 1. The van der Waals surface area contributed by atoms with E-state index in [-0.39, 0.29) is 6.04 Å². The highest BCUT2D eigenvalue weighted by Gasteiger charge is 2.16. The van der Waals surface area contributed by atoms with Crippen LogP contribution in [0.15, 0.2) is 30.5 Å². The quantitative estimate of drug-likeness (QED) is 0.885. The summed E-state index contributed by atoms with van der Waals surface area (Å²) in [6, 6.07) is 8.06. The predicted molar refractivity (Wildman–Crippen MR) is 78.7 cm³/mol. The Balaban J connectivity index is 1.65. The molecule has 6 heteroatoms. The molecule has 1 aromatic heterocycles. The number of hydrogen-bond acceptors (Lipinski definition) is 5. The second-order valence-corrected chi connectivity index (χ2v) is 4.94. The number of rotatable bonds is 6. The topological polar surface area (TPSA) is 57.5 Å². The van der Waals surface area contributed by atoms with Gasteiger partial charge >= 0.3 is 0 Å². The molecule has 0 aliphatic carbocycles. The van der Waals surface area contributed by atoms with E-state index < -0.39 is 0 Å². The smallest absolute Gasteiger partial charge is 0.231 e. The first kappa shape index (κ1) is 13.8. The molecular weight excluding hydrogens is 270 g/mol. The molecule has 2 heterocycles. The van der Waals surface area contributed by atoms with Crippen molar-refractivity contribution in [3.63, 3.8) is 0 Å². The molecule has 1 aliphatic rings. The van der Waals surface area contributed by atoms with Crippen LogP contribution < -0.4 is 14.8 Å². The summed E-state index contributed by atoms with van der Waals surface area (Å²) in [5.41, 5.74) is 1.13. The minimum atomic E-state index is 0.130. The van der Waals surface area contributed by atoms with Gasteiger partial charge in [-0.1, -0.05) is 6.07 Å². The first-order valence-corrected chi connectivity index (χ1v) is 6.95. The van der Waals surface area contributed by atoms with Gasteiger partial charge in [0, 0.05) is 19.4 Å². The molecule has 1 aromatic carbocycles. The summed E-state index contributed by atoms with van der Waals surface area (Å²) >= 11 is 0. The molecule has 21 heavy (non-hydrogen) atoms. The Labute approximate surface area is 123 Å². The SMILES string of the molecule is COCCn1ccc(NC(C)c2ccc3c(c2)OCO3)n1. The van der Waals surface area contributed by atoms with Crippen molar-refractivity contribution in [2.24, 2.45) is 0 Å². The molecule has 112 valence electrons. The van der Waals surface area contributed by atoms with Crippen molar-refractivity contribution in [1.82, 2.24) is 9.78 Å². The van der Waals surface area contributed by atoms with Gasteiger partial charge in [0.2, 0.25) is 6.79 Å². The molecule has 0 saturated carbocycles. The van der Waals surface area contributed by atoms with E-state index in [0.29, 0.717) is 13.4 Å². The molecule has 0 amide bonds. The zero-order chi connectivity index (χ0) is 14.7. The summed E-state index contributed by atoms with van der Waals surface area (Å²) in [6.45, 7) is 3.78. The van der Waals surface area contributed by atoms with Crippen LogP contribution in [-0.4, -0.2) is 30.3 Å². The predicted octanol–water partition coefficient (Wildman–Crippen LogP) is 2.43. The van der Waals surface area contributed by atoms with Gasteiger partial charge < -0.3 is 19.5 Å². The Morgan fingerprint density at radius 1 is 1.33 bits per heavy atom. The molecule has 6 nitrogen and oxygen atoms in total. The van der Waals surface area contributed by atoms with Crippen LogP contribution in [0.1, 0.15) is 18.5 Å². The lowest BCUT2D eigenvalue weighted by Gasteiger charge is -2.14. The number of ether oxygens (including phenoxy) is 3. The molecule has 1 atom stereocenters. The van der Waals surface area contributed by atoms with Crippen LogP contribution in [0.4, 0.5) is 5.82 Å². The van der Waals surface area contributed by atoms with Crippen molar-refractivity contribution in [2.75, 3.05) is 25.8 Å². The third-order valence-corrected chi connectivity index (χ3v) is 3.43. The summed E-state index contributed by atoms with van der Waals surface area (Å²) in [4.78, 5) is 0. The minimum Gasteiger partial charge on any atom is -0.454 e. The van der Waals surface area contributed by atoms with E-state index in [1.54, 1.807) is 7.11 Å². The van der Waals surface area contributed by atoms with Crippen LogP contribution in [0.5, 0.6) is 11.5 Å². The maximum absolute atomic E-state index is 5.40. The molecule has 2 aromatic rings. The fourth-order valence-electron chi connectivity index (χ4n) is 2.24. The second-order valence-electron chi connectivity index (χ2n) is 4.94. The number of benzene rings is 1. The molecule has 3 rings (SSSR count). The highest BCUT2D eigenvalue weighted by Crippen LogP contribution is 2.34. The van der Waals surface area contributed by atoms with E-state index in [1.165, 1.54) is 0 Å². The highest BCUT2D eigenvalue weighted by atomic mass is 16.7. The summed E-state index contributed by atoms with van der Waals surface area (Å²) in [6.07, 6.45) is 1.94. The molecule has 1 N–H and O–H groups in total. The van der Waals surface area contributed by atoms with Gasteiger partial charge in [-0.15, -0.1) is 0 Å². The first-order chi connectivity index (χ1) is 10.3. The van der Waals surface area contributed by atoms with E-state index in [4.69, 9.17) is 14.2 Å². The minimum absolute atomic E-state index is 0.130. The van der Waals surface area contributed by atoms with Crippen molar-refractivity contribution in [3.05, 3.63) is 36.0 Å². The molecule has 0 radical (unpaired) electrons. The summed E-state index contributed by atoms with van der Waals surface area (Å²) < 4.78 is 17.6. The van der Waals surface area contributed by atoms with Gasteiger partial charge in [-0.05, 0) is 24.6 Å². The van der Waals surface area contributed by atoms with Crippen molar-refractivity contribution in [1.29, 1.82) is 0 Å². The third-order valence-electron chi connectivity index (χ3n) is 3.43. The van der Waals surface area contributed by atoms with Crippen molar-refractivity contribution < 1.29 is 14.2 Å². The summed E-state index contributed by atoms with van der Waals surface area (Å²) in [7, 11) is 1.68. The van der Waals surface area contributed by atoms with Crippen molar-refractivity contribution in [3.8, 4) is 11.5 Å². The van der Waals surface area contributed by atoms with E-state index in [9.17, 15) is 0 Å². The fourth-order valence-corrected chi connectivity index (χ4v) is 2.24. The fraction of sp³-hybridized carbons (Fsp3) is 0.400. The Hall–Kier alpha value is -2.21. The average Bonchev–Trinajstić information content (AvgIpc) is 3.12. The Morgan fingerprint density at radius 3 is 3.05 bits per heavy atom. The van der Waals surface area contributed by atoms with Crippen LogP contribution in [0.25, 0.3) is 0 Å². The van der Waals surface area contributed by atoms with Gasteiger partial charge in [-0.2, -0.15) is 5.10 Å². The number of nitrogens with one attached hydrogen (secondary N) is 1. The molecule has 0 fully saturated rings. The van der Waals surface area contributed by atoms with E-state index in [1.807, 2.05) is 35.1 Å². The van der Waals surface area contributed by atoms with Crippen LogP contribution in [0.2, 0.25) is 0 Å². The number of methoxy groups -OCH3 is 1. The van der Waals surface area contributed by atoms with E-state index in [2.05, 4.69) is 17.3 Å². The lowest BCUT2D eigenvalue weighted by atomic mass is 10.1. The molecule has 0 saturated heterocycles. The standard InChI is InChI=1S/C15H19N3O3/c1-11(12-3-4-13-14(9-12)21-10-20-13)16-15-5-6-18(17-15)7-8-19-2/h3-6,9,11H,7-8,10H2,1-2H3,(H,16,17). The third kappa shape index (κ3) is 3.11. The highest BCUT2D eigenvalue weighted by molar-refractivity contribution is 5.47. The molecule has 0 spiro atoms. The number of aromatic nitrogens is 2. The van der Waals surface area contributed by atoms with Gasteiger partial charge in [0.1, 0.15) is 5.82 Å². The van der Waals surface area contributed by atoms with Gasteiger partial charge in [-0.3, -0.25) is 4.68 Å². The van der Waals surface area contributed by atoms with Gasteiger partial charge in [-0.25, -0.2) is 0 Å². The number of fused-ring (bicyclic) bond motifs is 1. The van der Waals surface area contributed by atoms with Gasteiger partial charge in [0.05, 0.1) is 19.2 Å². The normalized spacial score (nSPS) is 14.2. The van der Waals surface area contributed by atoms with E-state index >= 15 is 0 Å². The lowest BCUT2D eigenvalue weighted by Crippen LogP contribution is -2.09. The van der Waals surface area contributed by atoms with Crippen LogP contribution in [0, 0.1) is 0 Å².